The second-order valence-corrected chi connectivity index (χ2v) is 9.00. The molecule has 6 nitrogen and oxygen atoms in total. The summed E-state index contributed by atoms with van der Waals surface area (Å²) in [5.74, 6) is 1.01. The summed E-state index contributed by atoms with van der Waals surface area (Å²) >= 11 is 0. The number of aliphatic imine (C=N–C) groups is 1. The van der Waals surface area contributed by atoms with Crippen LogP contribution in [-0.4, -0.2) is 76.1 Å². The van der Waals surface area contributed by atoms with E-state index in [2.05, 4.69) is 32.8 Å². The predicted octanol–water partition coefficient (Wildman–Crippen LogP) is 3.00. The van der Waals surface area contributed by atoms with Crippen LogP contribution in [0.3, 0.4) is 0 Å². The van der Waals surface area contributed by atoms with Gasteiger partial charge in [-0.15, -0.1) is 0 Å². The molecule has 0 amide bonds. The Labute approximate surface area is 184 Å². The highest BCUT2D eigenvalue weighted by molar-refractivity contribution is 5.90. The molecule has 2 fully saturated rings. The van der Waals surface area contributed by atoms with Gasteiger partial charge in [-0.3, -0.25) is 4.98 Å². The smallest absolute Gasteiger partial charge is 0.202 e. The molecule has 31 heavy (non-hydrogen) atoms. The van der Waals surface area contributed by atoms with E-state index >= 15 is 0 Å². The molecule has 0 unspecified atom stereocenters. The number of likely N-dealkylation sites (tertiary alicyclic amines) is 1. The molecule has 2 saturated heterocycles. The van der Waals surface area contributed by atoms with E-state index in [0.717, 1.165) is 68.2 Å². The van der Waals surface area contributed by atoms with Gasteiger partial charge in [0, 0.05) is 49.7 Å². The molecular weight excluding hydrogens is 386 g/mol. The van der Waals surface area contributed by atoms with Crippen LogP contribution in [0.5, 0.6) is 0 Å². The molecule has 0 saturated carbocycles. The van der Waals surface area contributed by atoms with E-state index in [0.29, 0.717) is 6.54 Å². The molecule has 1 spiro atoms. The number of pyridine rings is 1. The standard InChI is InChI=1S/C25H31N5O/c1-28-16-10-25(11-17-28)12-18-29-15-9-22(20-7-13-26-14-8-20)27-24(29)30(25)19-23(31)21-5-3-2-4-6-21/h2-9,13-14,23,31H,10-12,15-19H2,1H3/t23-/m1/s1. The lowest BCUT2D eigenvalue weighted by atomic mass is 9.80. The number of β-amino-alcohol motifs (C(OH)–C–C–N with tert-alkyl or cyclic N) is 1. The molecule has 0 aliphatic carbocycles. The molecule has 1 atom stereocenters. The minimum atomic E-state index is -0.546. The number of rotatable bonds is 4. The maximum atomic E-state index is 11.2. The molecule has 0 bridgehead atoms. The zero-order chi connectivity index (χ0) is 21.3. The second-order valence-electron chi connectivity index (χ2n) is 9.00. The van der Waals surface area contributed by atoms with E-state index < -0.39 is 6.10 Å². The first kappa shape index (κ1) is 20.2. The van der Waals surface area contributed by atoms with Crippen molar-refractivity contribution in [3.05, 3.63) is 72.1 Å². The van der Waals surface area contributed by atoms with Gasteiger partial charge >= 0.3 is 0 Å². The Balaban J connectivity index is 1.50. The summed E-state index contributed by atoms with van der Waals surface area (Å²) in [5.41, 5.74) is 3.11. The average molecular weight is 418 g/mol. The van der Waals surface area contributed by atoms with Crippen LogP contribution in [0, 0.1) is 0 Å². The highest BCUT2D eigenvalue weighted by Gasteiger charge is 2.46. The summed E-state index contributed by atoms with van der Waals surface area (Å²) in [6.45, 7) is 4.59. The Kier molecular flexibility index (Phi) is 5.50. The van der Waals surface area contributed by atoms with Gasteiger partial charge in [-0.05, 0) is 50.1 Å². The first-order chi connectivity index (χ1) is 15.1. The maximum Gasteiger partial charge on any atom is 0.202 e. The van der Waals surface area contributed by atoms with Gasteiger partial charge in [-0.25, -0.2) is 4.99 Å². The fourth-order valence-electron chi connectivity index (χ4n) is 5.10. The zero-order valence-electron chi connectivity index (χ0n) is 18.2. The van der Waals surface area contributed by atoms with E-state index in [9.17, 15) is 5.11 Å². The first-order valence-corrected chi connectivity index (χ1v) is 11.3. The van der Waals surface area contributed by atoms with Crippen molar-refractivity contribution in [2.45, 2.75) is 30.9 Å². The minimum Gasteiger partial charge on any atom is -0.387 e. The van der Waals surface area contributed by atoms with Crippen LogP contribution in [0.25, 0.3) is 5.70 Å². The number of aliphatic hydroxyl groups excluding tert-OH is 1. The lowest BCUT2D eigenvalue weighted by molar-refractivity contribution is 0.00767. The Hall–Kier alpha value is -2.70. The first-order valence-electron chi connectivity index (χ1n) is 11.3. The monoisotopic (exact) mass is 417 g/mol. The number of nitrogens with zero attached hydrogens (tertiary/aromatic N) is 5. The van der Waals surface area contributed by atoms with E-state index in [1.54, 1.807) is 0 Å². The number of hydrogen-bond donors (Lipinski definition) is 1. The van der Waals surface area contributed by atoms with Crippen molar-refractivity contribution in [1.82, 2.24) is 19.7 Å². The van der Waals surface area contributed by atoms with Crippen LogP contribution in [0.15, 0.2) is 65.9 Å². The molecule has 1 aromatic carbocycles. The number of fused-ring (bicyclic) bond motifs is 1. The Morgan fingerprint density at radius 3 is 2.45 bits per heavy atom. The van der Waals surface area contributed by atoms with E-state index in [1.165, 1.54) is 0 Å². The van der Waals surface area contributed by atoms with Crippen LogP contribution in [0.1, 0.15) is 36.5 Å². The molecule has 6 heteroatoms. The zero-order valence-corrected chi connectivity index (χ0v) is 18.2. The van der Waals surface area contributed by atoms with Crippen molar-refractivity contribution in [2.24, 2.45) is 4.99 Å². The molecule has 1 N–H and O–H groups in total. The van der Waals surface area contributed by atoms with Crippen LogP contribution in [0.4, 0.5) is 0 Å². The fourth-order valence-corrected chi connectivity index (χ4v) is 5.10. The van der Waals surface area contributed by atoms with Gasteiger partial charge in [0.2, 0.25) is 5.96 Å². The van der Waals surface area contributed by atoms with Gasteiger partial charge in [0.25, 0.3) is 0 Å². The molecule has 3 aliphatic heterocycles. The third-order valence-electron chi connectivity index (χ3n) is 7.10. The average Bonchev–Trinajstić information content (AvgIpc) is 2.83. The van der Waals surface area contributed by atoms with E-state index in [-0.39, 0.29) is 5.54 Å². The largest absolute Gasteiger partial charge is 0.387 e. The molecule has 162 valence electrons. The van der Waals surface area contributed by atoms with Gasteiger partial charge < -0.3 is 19.8 Å². The van der Waals surface area contributed by atoms with Crippen LogP contribution in [-0.2, 0) is 0 Å². The second kappa shape index (κ2) is 8.44. The normalized spacial score (nSPS) is 22.0. The van der Waals surface area contributed by atoms with Crippen molar-refractivity contribution in [2.75, 3.05) is 39.8 Å². The Morgan fingerprint density at radius 1 is 1.00 bits per heavy atom. The van der Waals surface area contributed by atoms with Gasteiger partial charge in [-0.2, -0.15) is 0 Å². The topological polar surface area (TPSA) is 55.2 Å². The number of hydrogen-bond acceptors (Lipinski definition) is 6. The van der Waals surface area contributed by atoms with Gasteiger partial charge in [-0.1, -0.05) is 30.3 Å². The number of aromatic nitrogens is 1. The summed E-state index contributed by atoms with van der Waals surface area (Å²) in [7, 11) is 2.20. The van der Waals surface area contributed by atoms with Gasteiger partial charge in [0.15, 0.2) is 0 Å². The van der Waals surface area contributed by atoms with Crippen molar-refractivity contribution in [1.29, 1.82) is 0 Å². The van der Waals surface area contributed by atoms with E-state index in [1.807, 2.05) is 54.9 Å². The van der Waals surface area contributed by atoms with Gasteiger partial charge in [0.1, 0.15) is 0 Å². The molecule has 1 aromatic heterocycles. The number of benzene rings is 1. The Morgan fingerprint density at radius 2 is 1.71 bits per heavy atom. The summed E-state index contributed by atoms with van der Waals surface area (Å²) < 4.78 is 0. The highest BCUT2D eigenvalue weighted by Crippen LogP contribution is 2.39. The molecule has 4 heterocycles. The summed E-state index contributed by atoms with van der Waals surface area (Å²) in [5, 5.41) is 11.2. The van der Waals surface area contributed by atoms with Crippen molar-refractivity contribution in [3.63, 3.8) is 0 Å². The third kappa shape index (κ3) is 3.98. The summed E-state index contributed by atoms with van der Waals surface area (Å²) in [6.07, 6.45) is 8.61. The van der Waals surface area contributed by atoms with Crippen LogP contribution in [0.2, 0.25) is 0 Å². The number of piperidine rings is 1. The maximum absolute atomic E-state index is 11.2. The SMILES string of the molecule is CN1CCC2(CC1)CCN1CC=C(c3ccncc3)N=C1N2C[C@@H](O)c1ccccc1. The molecule has 2 aromatic rings. The molecule has 3 aliphatic rings. The summed E-state index contributed by atoms with van der Waals surface area (Å²) in [6, 6.07) is 14.0. The number of aliphatic hydroxyl groups is 1. The third-order valence-corrected chi connectivity index (χ3v) is 7.10. The van der Waals surface area contributed by atoms with Crippen LogP contribution >= 0.6 is 0 Å². The molecule has 0 radical (unpaired) electrons. The lowest BCUT2D eigenvalue weighted by Crippen LogP contribution is -2.66. The lowest BCUT2D eigenvalue weighted by Gasteiger charge is -2.56. The van der Waals surface area contributed by atoms with Crippen molar-refractivity contribution >= 4 is 11.7 Å². The highest BCUT2D eigenvalue weighted by atomic mass is 16.3. The minimum absolute atomic E-state index is 0.0539. The molecular formula is C25H31N5O. The molecule has 5 rings (SSSR count). The van der Waals surface area contributed by atoms with E-state index in [4.69, 9.17) is 4.99 Å². The Bertz CT molecular complexity index is 950. The quantitative estimate of drug-likeness (QED) is 0.829. The van der Waals surface area contributed by atoms with Crippen LogP contribution < -0.4 is 0 Å². The van der Waals surface area contributed by atoms with Gasteiger partial charge in [0.05, 0.1) is 18.3 Å². The van der Waals surface area contributed by atoms with Crippen molar-refractivity contribution < 1.29 is 5.11 Å². The predicted molar refractivity (Wildman–Crippen MR) is 123 cm³/mol. The number of guanidine groups is 1. The summed E-state index contributed by atoms with van der Waals surface area (Å²) in [4.78, 5) is 16.5. The fraction of sp³-hybridized carbons (Fsp3) is 0.440. The van der Waals surface area contributed by atoms with Crippen molar-refractivity contribution in [3.8, 4) is 0 Å².